The van der Waals surface area contributed by atoms with E-state index in [0.29, 0.717) is 6.61 Å². The van der Waals surface area contributed by atoms with E-state index < -0.39 is 0 Å². The molecule has 7 heteroatoms. The zero-order valence-corrected chi connectivity index (χ0v) is 12.6. The van der Waals surface area contributed by atoms with Gasteiger partial charge in [0.2, 0.25) is 0 Å². The first-order chi connectivity index (χ1) is 11.4. The van der Waals surface area contributed by atoms with Gasteiger partial charge in [-0.25, -0.2) is 9.97 Å². The van der Waals surface area contributed by atoms with E-state index in [1.165, 1.54) is 0 Å². The van der Waals surface area contributed by atoms with Crippen LogP contribution < -0.4 is 0 Å². The highest BCUT2D eigenvalue weighted by molar-refractivity contribution is 5.57. The maximum atomic E-state index is 5.66. The Kier molecular flexibility index (Phi) is 3.87. The molecule has 118 valence electrons. The summed E-state index contributed by atoms with van der Waals surface area (Å²) in [4.78, 5) is 21.6. The molecule has 0 radical (unpaired) electrons. The number of ether oxygens (including phenoxy) is 1. The standard InChI is InChI=1S/C16H18N6O/c1-3-17-4-2-12(1)14-8-19-16(21-14)15-10-23-6-5-22(15)9-13-7-18-11-20-13/h1-4,7-8,11,15H,5-6,9-10H2,(H,18,20)(H,19,21). The quantitative estimate of drug-likeness (QED) is 0.767. The predicted molar refractivity (Wildman–Crippen MR) is 84.4 cm³/mol. The van der Waals surface area contributed by atoms with Crippen molar-refractivity contribution in [2.75, 3.05) is 19.8 Å². The SMILES string of the molecule is c1cc(-c2cnc(C3COCCN3Cc3cnc[nH]3)[nH]2)ccn1. The molecule has 1 fully saturated rings. The lowest BCUT2D eigenvalue weighted by Gasteiger charge is -2.33. The van der Waals surface area contributed by atoms with Crippen molar-refractivity contribution in [1.82, 2.24) is 29.8 Å². The van der Waals surface area contributed by atoms with Crippen molar-refractivity contribution in [3.63, 3.8) is 0 Å². The maximum Gasteiger partial charge on any atom is 0.126 e. The summed E-state index contributed by atoms with van der Waals surface area (Å²) in [6.07, 6.45) is 9.00. The second kappa shape index (κ2) is 6.31. The number of morpholine rings is 1. The molecular weight excluding hydrogens is 292 g/mol. The molecule has 1 aliphatic rings. The Bertz CT molecular complexity index is 739. The van der Waals surface area contributed by atoms with Crippen LogP contribution in [0.5, 0.6) is 0 Å². The Labute approximate surface area is 133 Å². The van der Waals surface area contributed by atoms with E-state index in [2.05, 4.69) is 29.8 Å². The average molecular weight is 310 g/mol. The van der Waals surface area contributed by atoms with Crippen LogP contribution in [0.25, 0.3) is 11.3 Å². The Balaban J connectivity index is 1.56. The van der Waals surface area contributed by atoms with Crippen molar-refractivity contribution in [3.05, 3.63) is 54.8 Å². The van der Waals surface area contributed by atoms with Crippen LogP contribution in [0.15, 0.2) is 43.2 Å². The fourth-order valence-electron chi connectivity index (χ4n) is 2.85. The molecule has 3 aromatic rings. The summed E-state index contributed by atoms with van der Waals surface area (Å²) in [5, 5.41) is 0. The molecule has 1 atom stereocenters. The van der Waals surface area contributed by atoms with Gasteiger partial charge in [-0.3, -0.25) is 9.88 Å². The molecule has 1 saturated heterocycles. The number of imidazole rings is 2. The van der Waals surface area contributed by atoms with E-state index in [4.69, 9.17) is 4.74 Å². The van der Waals surface area contributed by atoms with Crippen molar-refractivity contribution in [3.8, 4) is 11.3 Å². The monoisotopic (exact) mass is 310 g/mol. The van der Waals surface area contributed by atoms with Crippen LogP contribution in [0, 0.1) is 0 Å². The summed E-state index contributed by atoms with van der Waals surface area (Å²) in [6, 6.07) is 4.05. The fraction of sp³-hybridized carbons (Fsp3) is 0.312. The molecule has 0 aromatic carbocycles. The van der Waals surface area contributed by atoms with Crippen molar-refractivity contribution in [1.29, 1.82) is 0 Å². The van der Waals surface area contributed by atoms with Gasteiger partial charge in [-0.15, -0.1) is 0 Å². The van der Waals surface area contributed by atoms with Gasteiger partial charge in [0.25, 0.3) is 0 Å². The second-order valence-corrected chi connectivity index (χ2v) is 5.56. The number of nitrogens with one attached hydrogen (secondary N) is 2. The fourth-order valence-corrected chi connectivity index (χ4v) is 2.85. The Morgan fingerprint density at radius 1 is 1.22 bits per heavy atom. The molecule has 0 bridgehead atoms. The molecule has 7 nitrogen and oxygen atoms in total. The van der Waals surface area contributed by atoms with Crippen LogP contribution in [-0.4, -0.2) is 49.6 Å². The summed E-state index contributed by atoms with van der Waals surface area (Å²) < 4.78 is 5.66. The van der Waals surface area contributed by atoms with Crippen LogP contribution in [0.3, 0.4) is 0 Å². The largest absolute Gasteiger partial charge is 0.378 e. The van der Waals surface area contributed by atoms with E-state index in [1.807, 2.05) is 24.5 Å². The van der Waals surface area contributed by atoms with Crippen LogP contribution in [0.2, 0.25) is 0 Å². The summed E-state index contributed by atoms with van der Waals surface area (Å²) in [7, 11) is 0. The summed E-state index contributed by atoms with van der Waals surface area (Å²) in [6.45, 7) is 3.05. The summed E-state index contributed by atoms with van der Waals surface area (Å²) in [5.41, 5.74) is 3.17. The lowest BCUT2D eigenvalue weighted by atomic mass is 10.2. The third-order valence-corrected chi connectivity index (χ3v) is 4.07. The van der Waals surface area contributed by atoms with Crippen LogP contribution in [-0.2, 0) is 11.3 Å². The molecular formula is C16H18N6O. The van der Waals surface area contributed by atoms with Crippen LogP contribution >= 0.6 is 0 Å². The molecule has 4 rings (SSSR count). The molecule has 0 aliphatic carbocycles. The molecule has 4 heterocycles. The molecule has 2 N–H and O–H groups in total. The number of hydrogen-bond donors (Lipinski definition) is 2. The van der Waals surface area contributed by atoms with Crippen LogP contribution in [0.4, 0.5) is 0 Å². The minimum atomic E-state index is 0.114. The number of aromatic amines is 2. The first-order valence-corrected chi connectivity index (χ1v) is 7.64. The van der Waals surface area contributed by atoms with E-state index >= 15 is 0 Å². The molecule has 0 amide bonds. The number of hydrogen-bond acceptors (Lipinski definition) is 5. The minimum Gasteiger partial charge on any atom is -0.378 e. The third kappa shape index (κ3) is 3.01. The molecule has 1 unspecified atom stereocenters. The van der Waals surface area contributed by atoms with E-state index in [1.54, 1.807) is 18.7 Å². The number of nitrogens with zero attached hydrogens (tertiary/aromatic N) is 4. The predicted octanol–water partition coefficient (Wildman–Crippen LogP) is 1.77. The summed E-state index contributed by atoms with van der Waals surface area (Å²) >= 11 is 0. The maximum absolute atomic E-state index is 5.66. The molecule has 23 heavy (non-hydrogen) atoms. The lowest BCUT2D eigenvalue weighted by Crippen LogP contribution is -2.39. The average Bonchev–Trinajstić information content (AvgIpc) is 3.28. The Morgan fingerprint density at radius 2 is 2.13 bits per heavy atom. The zero-order valence-electron chi connectivity index (χ0n) is 12.6. The van der Waals surface area contributed by atoms with Gasteiger partial charge in [0.05, 0.1) is 37.5 Å². The van der Waals surface area contributed by atoms with E-state index in [-0.39, 0.29) is 6.04 Å². The van der Waals surface area contributed by atoms with Gasteiger partial charge < -0.3 is 14.7 Å². The minimum absolute atomic E-state index is 0.114. The van der Waals surface area contributed by atoms with Crippen LogP contribution in [0.1, 0.15) is 17.6 Å². The van der Waals surface area contributed by atoms with E-state index in [0.717, 1.165) is 42.5 Å². The lowest BCUT2D eigenvalue weighted by molar-refractivity contribution is -0.0161. The number of H-pyrrole nitrogens is 2. The molecule has 3 aromatic heterocycles. The first kappa shape index (κ1) is 14.1. The highest BCUT2D eigenvalue weighted by Gasteiger charge is 2.27. The van der Waals surface area contributed by atoms with Gasteiger partial charge in [0.1, 0.15) is 5.82 Å². The first-order valence-electron chi connectivity index (χ1n) is 7.64. The van der Waals surface area contributed by atoms with Crippen molar-refractivity contribution in [2.45, 2.75) is 12.6 Å². The van der Waals surface area contributed by atoms with Crippen molar-refractivity contribution in [2.24, 2.45) is 0 Å². The van der Waals surface area contributed by atoms with Crippen molar-refractivity contribution >= 4 is 0 Å². The number of pyridine rings is 1. The van der Waals surface area contributed by atoms with E-state index in [9.17, 15) is 0 Å². The second-order valence-electron chi connectivity index (χ2n) is 5.56. The van der Waals surface area contributed by atoms with Gasteiger partial charge in [-0.2, -0.15) is 0 Å². The van der Waals surface area contributed by atoms with Gasteiger partial charge in [0.15, 0.2) is 0 Å². The molecule has 0 spiro atoms. The molecule has 0 saturated carbocycles. The van der Waals surface area contributed by atoms with Gasteiger partial charge in [-0.05, 0) is 12.1 Å². The Hall–Kier alpha value is -2.51. The topological polar surface area (TPSA) is 82.7 Å². The highest BCUT2D eigenvalue weighted by atomic mass is 16.5. The van der Waals surface area contributed by atoms with Gasteiger partial charge in [0, 0.05) is 42.9 Å². The third-order valence-electron chi connectivity index (χ3n) is 4.07. The normalized spacial score (nSPS) is 19.0. The highest BCUT2D eigenvalue weighted by Crippen LogP contribution is 2.25. The number of rotatable bonds is 4. The van der Waals surface area contributed by atoms with Gasteiger partial charge >= 0.3 is 0 Å². The smallest absolute Gasteiger partial charge is 0.126 e. The number of aromatic nitrogens is 5. The van der Waals surface area contributed by atoms with Crippen molar-refractivity contribution < 1.29 is 4.74 Å². The summed E-state index contributed by atoms with van der Waals surface area (Å²) in [5.74, 6) is 0.927. The Morgan fingerprint density at radius 3 is 2.96 bits per heavy atom. The zero-order chi connectivity index (χ0) is 15.5. The molecule has 1 aliphatic heterocycles. The van der Waals surface area contributed by atoms with Gasteiger partial charge in [-0.1, -0.05) is 0 Å².